The van der Waals surface area contributed by atoms with Gasteiger partial charge in [0.15, 0.2) is 17.3 Å². The van der Waals surface area contributed by atoms with Gasteiger partial charge in [-0.3, -0.25) is 4.79 Å². The summed E-state index contributed by atoms with van der Waals surface area (Å²) in [6.07, 6.45) is 4.95. The molecule has 0 spiro atoms. The third kappa shape index (κ3) is 5.79. The molecule has 0 unspecified atom stereocenters. The monoisotopic (exact) mass is 421 g/mol. The van der Waals surface area contributed by atoms with Crippen molar-refractivity contribution in [2.45, 2.75) is 20.5 Å². The third-order valence-electron chi connectivity index (χ3n) is 4.26. The van der Waals surface area contributed by atoms with E-state index in [0.717, 1.165) is 11.3 Å². The van der Waals surface area contributed by atoms with Gasteiger partial charge in [0.25, 0.3) is 0 Å². The van der Waals surface area contributed by atoms with Crippen LogP contribution in [-0.4, -0.2) is 40.5 Å². The molecule has 1 aromatic heterocycles. The van der Waals surface area contributed by atoms with Crippen LogP contribution in [0, 0.1) is 0 Å². The second-order valence-electron chi connectivity index (χ2n) is 6.56. The highest BCUT2D eigenvalue weighted by atomic mass is 16.5. The lowest BCUT2D eigenvalue weighted by Gasteiger charge is -2.10. The molecule has 0 atom stereocenters. The van der Waals surface area contributed by atoms with Gasteiger partial charge in [0.2, 0.25) is 0 Å². The van der Waals surface area contributed by atoms with Crippen LogP contribution < -0.4 is 9.47 Å². The van der Waals surface area contributed by atoms with E-state index < -0.39 is 0 Å². The Morgan fingerprint density at radius 2 is 1.87 bits per heavy atom. The molecule has 0 aliphatic rings. The van der Waals surface area contributed by atoms with Gasteiger partial charge in [0.05, 0.1) is 31.2 Å². The van der Waals surface area contributed by atoms with E-state index in [1.807, 2.05) is 6.07 Å². The summed E-state index contributed by atoms with van der Waals surface area (Å²) in [6.45, 7) is 3.78. The molecule has 1 heterocycles. The van der Waals surface area contributed by atoms with Gasteiger partial charge >= 0.3 is 5.97 Å². The van der Waals surface area contributed by atoms with Crippen molar-refractivity contribution >= 4 is 17.8 Å². The molecule has 0 aliphatic carbocycles. The molecular formula is C23H23N3O5. The Balaban J connectivity index is 1.66. The van der Waals surface area contributed by atoms with Crippen LogP contribution in [0.4, 0.5) is 0 Å². The summed E-state index contributed by atoms with van der Waals surface area (Å²) < 4.78 is 17.8. The number of esters is 1. The van der Waals surface area contributed by atoms with E-state index in [1.165, 1.54) is 13.0 Å². The highest BCUT2D eigenvalue weighted by Crippen LogP contribution is 2.29. The highest BCUT2D eigenvalue weighted by molar-refractivity contribution is 5.91. The number of rotatable bonds is 9. The van der Waals surface area contributed by atoms with E-state index in [9.17, 15) is 9.59 Å². The molecule has 3 aromatic rings. The molecular weight excluding hydrogens is 398 g/mol. The molecule has 0 saturated heterocycles. The molecule has 0 bridgehead atoms. The first-order valence-corrected chi connectivity index (χ1v) is 9.68. The molecule has 31 heavy (non-hydrogen) atoms. The number of hydrogen-bond donors (Lipinski definition) is 0. The molecule has 3 rings (SSSR count). The second kappa shape index (κ2) is 10.2. The molecule has 0 N–H and O–H groups in total. The number of carbonyl (C=O) groups is 2. The predicted molar refractivity (Wildman–Crippen MR) is 114 cm³/mol. The average molecular weight is 421 g/mol. The number of allylic oxidation sites excluding steroid dienone is 1. The third-order valence-corrected chi connectivity index (χ3v) is 4.26. The number of benzene rings is 2. The number of hydrogen-bond acceptors (Lipinski definition) is 7. The second-order valence-corrected chi connectivity index (χ2v) is 6.56. The zero-order valence-electron chi connectivity index (χ0n) is 17.6. The Morgan fingerprint density at radius 1 is 1.10 bits per heavy atom. The van der Waals surface area contributed by atoms with Crippen LogP contribution in [0.2, 0.25) is 0 Å². The lowest BCUT2D eigenvalue weighted by molar-refractivity contribution is -0.112. The Morgan fingerprint density at radius 3 is 2.55 bits per heavy atom. The minimum atomic E-state index is -0.363. The van der Waals surface area contributed by atoms with Crippen molar-refractivity contribution in [1.29, 1.82) is 0 Å². The van der Waals surface area contributed by atoms with E-state index in [2.05, 4.69) is 10.3 Å². The van der Waals surface area contributed by atoms with Crippen LogP contribution in [0.1, 0.15) is 35.5 Å². The Bertz CT molecular complexity index is 1090. The Hall–Kier alpha value is -3.94. The van der Waals surface area contributed by atoms with Crippen LogP contribution in [0.15, 0.2) is 54.7 Å². The summed E-state index contributed by atoms with van der Waals surface area (Å²) in [4.78, 5) is 22.9. The Kier molecular flexibility index (Phi) is 7.16. The highest BCUT2D eigenvalue weighted by Gasteiger charge is 2.10. The molecule has 8 heteroatoms. The largest absolute Gasteiger partial charge is 0.493 e. The van der Waals surface area contributed by atoms with Crippen molar-refractivity contribution in [2.24, 2.45) is 0 Å². The smallest absolute Gasteiger partial charge is 0.338 e. The van der Waals surface area contributed by atoms with Gasteiger partial charge in [-0.2, -0.15) is 0 Å². The van der Waals surface area contributed by atoms with Crippen LogP contribution in [0.5, 0.6) is 11.5 Å². The predicted octanol–water partition coefficient (Wildman–Crippen LogP) is 3.63. The van der Waals surface area contributed by atoms with Crippen molar-refractivity contribution in [3.8, 4) is 17.2 Å². The van der Waals surface area contributed by atoms with Crippen LogP contribution in [0.3, 0.4) is 0 Å². The summed E-state index contributed by atoms with van der Waals surface area (Å²) in [7, 11) is 1.55. The van der Waals surface area contributed by atoms with E-state index in [0.29, 0.717) is 29.4 Å². The zero-order valence-corrected chi connectivity index (χ0v) is 17.6. The molecule has 8 nitrogen and oxygen atoms in total. The van der Waals surface area contributed by atoms with Gasteiger partial charge in [-0.25, -0.2) is 9.48 Å². The van der Waals surface area contributed by atoms with Crippen molar-refractivity contribution < 1.29 is 23.8 Å². The van der Waals surface area contributed by atoms with Gasteiger partial charge in [0, 0.05) is 0 Å². The van der Waals surface area contributed by atoms with Crippen molar-refractivity contribution in [3.05, 3.63) is 71.6 Å². The molecule has 2 aromatic carbocycles. The van der Waals surface area contributed by atoms with E-state index in [-0.39, 0.29) is 18.4 Å². The molecule has 160 valence electrons. The zero-order chi connectivity index (χ0) is 22.2. The lowest BCUT2D eigenvalue weighted by Crippen LogP contribution is -2.05. The van der Waals surface area contributed by atoms with Crippen LogP contribution in [0.25, 0.3) is 11.8 Å². The summed E-state index contributed by atoms with van der Waals surface area (Å²) in [5, 5.41) is 8.23. The summed E-state index contributed by atoms with van der Waals surface area (Å²) >= 11 is 0. The quantitative estimate of drug-likeness (QED) is 0.385. The fourth-order valence-electron chi connectivity index (χ4n) is 2.73. The van der Waals surface area contributed by atoms with Gasteiger partial charge in [-0.15, -0.1) is 5.10 Å². The fourth-order valence-corrected chi connectivity index (χ4v) is 2.73. The molecule has 0 amide bonds. The molecule has 0 saturated carbocycles. The summed E-state index contributed by atoms with van der Waals surface area (Å²) in [5.41, 5.74) is 2.68. The normalized spacial score (nSPS) is 10.8. The number of methoxy groups -OCH3 is 1. The van der Waals surface area contributed by atoms with Crippen molar-refractivity contribution in [3.63, 3.8) is 0 Å². The number of carbonyl (C=O) groups excluding carboxylic acids is 2. The Labute approximate surface area is 180 Å². The summed E-state index contributed by atoms with van der Waals surface area (Å²) in [6, 6.07) is 12.3. The standard InChI is InChI=1S/C23H23N3O5/c1-4-30-23(28)18-8-10-20(11-9-18)26-14-19(24-25-26)15-31-21-12-7-17(6-5-16(2)27)13-22(21)29-3/h5-14H,4,15H2,1-3H3/b6-5+. The number of ketones is 1. The molecule has 0 fully saturated rings. The maximum absolute atomic E-state index is 11.8. The first kappa shape index (κ1) is 21.8. The number of aromatic nitrogens is 3. The van der Waals surface area contributed by atoms with Crippen LogP contribution >= 0.6 is 0 Å². The minimum Gasteiger partial charge on any atom is -0.493 e. The molecule has 0 aliphatic heterocycles. The molecule has 0 radical (unpaired) electrons. The number of ether oxygens (including phenoxy) is 3. The fraction of sp³-hybridized carbons (Fsp3) is 0.217. The SMILES string of the molecule is CCOC(=O)c1ccc(-n2cc(COc3ccc(/C=C/C(C)=O)cc3OC)nn2)cc1. The first-order chi connectivity index (χ1) is 15.0. The van der Waals surface area contributed by atoms with E-state index >= 15 is 0 Å². The topological polar surface area (TPSA) is 92.5 Å². The van der Waals surface area contributed by atoms with Gasteiger partial charge in [-0.1, -0.05) is 17.4 Å². The van der Waals surface area contributed by atoms with E-state index in [1.54, 1.807) is 67.4 Å². The first-order valence-electron chi connectivity index (χ1n) is 9.68. The lowest BCUT2D eigenvalue weighted by atomic mass is 10.1. The van der Waals surface area contributed by atoms with Gasteiger partial charge < -0.3 is 14.2 Å². The number of nitrogens with zero attached hydrogens (tertiary/aromatic N) is 3. The van der Waals surface area contributed by atoms with Crippen LogP contribution in [-0.2, 0) is 16.1 Å². The minimum absolute atomic E-state index is 0.0297. The van der Waals surface area contributed by atoms with E-state index in [4.69, 9.17) is 14.2 Å². The van der Waals surface area contributed by atoms with Crippen molar-refractivity contribution in [1.82, 2.24) is 15.0 Å². The maximum Gasteiger partial charge on any atom is 0.338 e. The van der Waals surface area contributed by atoms with Gasteiger partial charge in [-0.05, 0) is 61.9 Å². The van der Waals surface area contributed by atoms with Crippen molar-refractivity contribution in [2.75, 3.05) is 13.7 Å². The average Bonchev–Trinajstić information content (AvgIpc) is 3.25. The summed E-state index contributed by atoms with van der Waals surface area (Å²) in [5.74, 6) is 0.708. The maximum atomic E-state index is 11.8. The van der Waals surface area contributed by atoms with Gasteiger partial charge in [0.1, 0.15) is 12.3 Å².